The van der Waals surface area contributed by atoms with Crippen LogP contribution < -0.4 is 54.4 Å². The molecule has 26 nitrogen and oxygen atoms in total. The summed E-state index contributed by atoms with van der Waals surface area (Å²) in [6, 6.07) is -5.19. The summed E-state index contributed by atoms with van der Waals surface area (Å²) in [6.07, 6.45) is -5.88. The zero-order chi connectivity index (χ0) is 57.6. The lowest BCUT2D eigenvalue weighted by molar-refractivity contribution is -0.192. The molecular weight excluding hydrogens is 1060 g/mol. The van der Waals surface area contributed by atoms with E-state index in [9.17, 15) is 71.0 Å². The van der Waals surface area contributed by atoms with Gasteiger partial charge in [-0.15, -0.1) is 0 Å². The average molecular weight is 1120 g/mol. The van der Waals surface area contributed by atoms with Crippen LogP contribution in [0.15, 0.2) is 24.3 Å². The number of nitrogens with two attached hydrogens (primary N) is 3. The molecular formula is C45H66F3N11O15S2. The molecule has 2 aliphatic heterocycles. The topological polar surface area (TPSA) is 431 Å². The molecule has 1 aromatic rings. The van der Waals surface area contributed by atoms with Crippen LogP contribution in [-0.4, -0.2) is 170 Å². The Morgan fingerprint density at radius 3 is 1.92 bits per heavy atom. The van der Waals surface area contributed by atoms with Crippen LogP contribution in [-0.2, 0) is 64.0 Å². The van der Waals surface area contributed by atoms with Crippen molar-refractivity contribution in [3.63, 3.8) is 0 Å². The largest absolute Gasteiger partial charge is 0.508 e. The molecule has 0 bridgehead atoms. The number of nitrogens with zero attached hydrogens (tertiary/aromatic N) is 1. The maximum atomic E-state index is 14.5. The van der Waals surface area contributed by atoms with Gasteiger partial charge in [-0.1, -0.05) is 67.8 Å². The van der Waals surface area contributed by atoms with Crippen LogP contribution in [0.3, 0.4) is 0 Å². The number of hydrogen-bond donors (Lipinski definition) is 13. The first-order valence-electron chi connectivity index (χ1n) is 23.7. The molecule has 0 saturated carbocycles. The van der Waals surface area contributed by atoms with E-state index < -0.39 is 157 Å². The number of phenolic OH excluding ortho intramolecular Hbond substituents is 1. The van der Waals surface area contributed by atoms with E-state index in [1.807, 2.05) is 0 Å². The number of hydrogen-bond acceptors (Lipinski definition) is 16. The maximum Gasteiger partial charge on any atom is 0.490 e. The zero-order valence-electron chi connectivity index (χ0n) is 41.9. The number of rotatable bonds is 17. The minimum atomic E-state index is -5.08. The highest BCUT2D eigenvalue weighted by molar-refractivity contribution is 8.76. The van der Waals surface area contributed by atoms with Crippen molar-refractivity contribution >= 4 is 92.6 Å². The van der Waals surface area contributed by atoms with Crippen molar-refractivity contribution in [1.29, 1.82) is 0 Å². The number of amides is 10. The van der Waals surface area contributed by atoms with Crippen LogP contribution in [0.1, 0.15) is 78.2 Å². The number of primary amides is 2. The quantitative estimate of drug-likeness (QED) is 0.0725. The van der Waals surface area contributed by atoms with Crippen molar-refractivity contribution in [2.24, 2.45) is 29.0 Å². The lowest BCUT2D eigenvalue weighted by atomic mass is 9.96. The summed E-state index contributed by atoms with van der Waals surface area (Å²) in [5, 5.41) is 43.7. The third-order valence-corrected chi connectivity index (χ3v) is 14.0. The minimum Gasteiger partial charge on any atom is -0.508 e. The van der Waals surface area contributed by atoms with Crippen LogP contribution >= 0.6 is 21.6 Å². The van der Waals surface area contributed by atoms with Crippen molar-refractivity contribution in [2.45, 2.75) is 134 Å². The van der Waals surface area contributed by atoms with E-state index in [0.717, 1.165) is 21.6 Å². The highest BCUT2D eigenvalue weighted by atomic mass is 33.1. The number of nitrogens with one attached hydrogen (secondary N) is 7. The lowest BCUT2D eigenvalue weighted by Crippen LogP contribution is -2.61. The van der Waals surface area contributed by atoms with Gasteiger partial charge in [-0.05, 0) is 55.2 Å². The summed E-state index contributed by atoms with van der Waals surface area (Å²) in [4.78, 5) is 157. The van der Waals surface area contributed by atoms with Gasteiger partial charge >= 0.3 is 18.1 Å². The average Bonchev–Trinajstić information content (AvgIpc) is 3.83. The van der Waals surface area contributed by atoms with E-state index >= 15 is 0 Å². The van der Waals surface area contributed by atoms with Crippen molar-refractivity contribution < 1.29 is 86.0 Å². The summed E-state index contributed by atoms with van der Waals surface area (Å²) in [6.45, 7) is 6.31. The zero-order valence-corrected chi connectivity index (χ0v) is 43.6. The normalized spacial score (nSPS) is 23.1. The molecule has 2 saturated heterocycles. The smallest absolute Gasteiger partial charge is 0.490 e. The van der Waals surface area contributed by atoms with Crippen LogP contribution in [0.2, 0.25) is 0 Å². The Balaban J connectivity index is 0.00000263. The first-order chi connectivity index (χ1) is 35.4. The maximum absolute atomic E-state index is 14.5. The van der Waals surface area contributed by atoms with Gasteiger partial charge in [0.05, 0.1) is 12.5 Å². The summed E-state index contributed by atoms with van der Waals surface area (Å²) in [5.41, 5.74) is 17.7. The van der Waals surface area contributed by atoms with E-state index in [0.29, 0.717) is 18.4 Å². The molecule has 31 heteroatoms. The second-order valence-electron chi connectivity index (χ2n) is 18.1. The molecule has 10 amide bonds. The third-order valence-electron chi connectivity index (χ3n) is 11.5. The highest BCUT2D eigenvalue weighted by Crippen LogP contribution is 2.26. The minimum absolute atomic E-state index is 0.0332. The fourth-order valence-corrected chi connectivity index (χ4v) is 9.61. The molecule has 0 spiro atoms. The number of benzene rings is 1. The van der Waals surface area contributed by atoms with Gasteiger partial charge in [0.15, 0.2) is 0 Å². The van der Waals surface area contributed by atoms with Gasteiger partial charge in [-0.3, -0.25) is 52.7 Å². The van der Waals surface area contributed by atoms with Gasteiger partial charge in [0, 0.05) is 30.9 Å². The Morgan fingerprint density at radius 2 is 1.37 bits per heavy atom. The van der Waals surface area contributed by atoms with Crippen LogP contribution in [0.5, 0.6) is 5.75 Å². The summed E-state index contributed by atoms with van der Waals surface area (Å²) in [5.74, 6) is -13.9. The summed E-state index contributed by atoms with van der Waals surface area (Å²) >= 11 is 0. The molecule has 0 unspecified atom stereocenters. The third kappa shape index (κ3) is 22.5. The Hall–Kier alpha value is -6.89. The highest BCUT2D eigenvalue weighted by Gasteiger charge is 2.41. The number of alkyl halides is 3. The van der Waals surface area contributed by atoms with Crippen molar-refractivity contribution in [1.82, 2.24) is 42.1 Å². The second kappa shape index (κ2) is 31.2. The van der Waals surface area contributed by atoms with Gasteiger partial charge in [-0.2, -0.15) is 13.2 Å². The monoisotopic (exact) mass is 1120 g/mol. The first kappa shape index (κ1) is 65.2. The molecule has 76 heavy (non-hydrogen) atoms. The number of aliphatic carboxylic acids is 2. The van der Waals surface area contributed by atoms with E-state index in [2.05, 4.69) is 37.2 Å². The van der Waals surface area contributed by atoms with Gasteiger partial charge < -0.3 is 74.6 Å². The lowest BCUT2D eigenvalue weighted by Gasteiger charge is -2.31. The Kier molecular flexibility index (Phi) is 26.8. The van der Waals surface area contributed by atoms with E-state index in [4.69, 9.17) is 32.2 Å². The predicted octanol–water partition coefficient (Wildman–Crippen LogP) is -2.38. The number of halogens is 3. The van der Waals surface area contributed by atoms with Gasteiger partial charge in [0.25, 0.3) is 0 Å². The van der Waals surface area contributed by atoms with Crippen molar-refractivity contribution in [2.75, 3.05) is 24.6 Å². The van der Waals surface area contributed by atoms with E-state index in [1.54, 1.807) is 27.7 Å². The fraction of sp³-hybridized carbons (Fsp3) is 0.600. The summed E-state index contributed by atoms with van der Waals surface area (Å²) < 4.78 is 31.7. The number of carbonyl (C=O) groups is 12. The van der Waals surface area contributed by atoms with Crippen molar-refractivity contribution in [3.8, 4) is 5.75 Å². The molecule has 2 heterocycles. The number of carboxylic acid groups (broad SMARTS) is 2. The number of carboxylic acids is 2. The molecule has 1 aromatic carbocycles. The van der Waals surface area contributed by atoms with Crippen LogP contribution in [0.4, 0.5) is 13.2 Å². The Morgan fingerprint density at radius 1 is 0.803 bits per heavy atom. The molecule has 0 aromatic heterocycles. The van der Waals surface area contributed by atoms with Crippen molar-refractivity contribution in [3.05, 3.63) is 29.8 Å². The number of aromatic hydroxyl groups is 1. The second-order valence-corrected chi connectivity index (χ2v) is 20.7. The van der Waals surface area contributed by atoms with E-state index in [-0.39, 0.29) is 49.0 Å². The Labute approximate surface area is 442 Å². The first-order valence-corrected chi connectivity index (χ1v) is 26.2. The predicted molar refractivity (Wildman–Crippen MR) is 267 cm³/mol. The molecule has 16 N–H and O–H groups in total. The van der Waals surface area contributed by atoms with Gasteiger partial charge in [0.1, 0.15) is 54.6 Å². The standard InChI is InChI=1S/C43H65N11O13S2.C2HF3O2/c1-5-22(4)35-42(66)48-26(12-13-32(45)56)38(62)50-29(17-33(46)57)39(63)52-30(20-69-68-19-25(44)36(60)49-28(40(64)53-35)16-23-8-10-24(55)11-9-23)43(67)54-14-6-7-31(54)41(65)51-27(15-21(2)3)37(61)47-18-34(58)59;3-2(4,5)1(6)7/h8-11,21-22,25-31,35,55H,5-7,12-20,44H2,1-4H3,(H2,45,56)(H2,46,57)(H,47,61)(H,48,66)(H,49,60)(H,50,62)(H,51,65)(H,52,63)(H,53,64)(H,58,59);(H,6,7)/t22-,25-,26-,27-,28-,29-,30-,31-,35-;/m0./s1. The fourth-order valence-electron chi connectivity index (χ4n) is 7.33. The van der Waals surface area contributed by atoms with Gasteiger partial charge in [0.2, 0.25) is 59.1 Å². The number of carbonyl (C=O) groups excluding carboxylic acids is 10. The molecule has 0 radical (unpaired) electrons. The summed E-state index contributed by atoms with van der Waals surface area (Å²) in [7, 11) is 2.03. The number of phenols is 1. The molecule has 2 fully saturated rings. The van der Waals surface area contributed by atoms with Crippen LogP contribution in [0.25, 0.3) is 0 Å². The van der Waals surface area contributed by atoms with Crippen LogP contribution in [0, 0.1) is 11.8 Å². The van der Waals surface area contributed by atoms with E-state index in [1.165, 1.54) is 29.2 Å². The molecule has 3 rings (SSSR count). The molecule has 9 atom stereocenters. The number of likely N-dealkylation sites (tertiary alicyclic amines) is 1. The van der Waals surface area contributed by atoms with Gasteiger partial charge in [-0.25, -0.2) is 4.79 Å². The SMILES string of the molecule is CC[C@H](C)[C@@H]1NC(=O)[C@H](Cc2ccc(O)cc2)NC(=O)[C@@H](N)CSSC[C@@H](C(=O)N2CCC[C@H]2C(=O)N[C@@H](CC(C)C)C(=O)NCC(=O)O)NC(=O)[C@H](CC(N)=O)NC(=O)[C@H](CCC(N)=O)NC1=O.O=C(O)C(F)(F)F. The molecule has 0 aliphatic carbocycles. The molecule has 424 valence electrons. The molecule has 2 aliphatic rings. The Bertz CT molecular complexity index is 2270.